The highest BCUT2D eigenvalue weighted by Gasteiger charge is 2.14. The number of likely N-dealkylation sites (N-methyl/N-ethyl adjacent to an activating group) is 1. The number of imidazole rings is 1. The fourth-order valence-corrected chi connectivity index (χ4v) is 3.13. The Morgan fingerprint density at radius 1 is 1.12 bits per heavy atom. The number of nitrogens with one attached hydrogen (secondary N) is 1. The molecule has 1 N–H and O–H groups in total. The molecule has 0 unspecified atom stereocenters. The molecule has 6 heteroatoms. The van der Waals surface area contributed by atoms with Crippen LogP contribution < -0.4 is 5.32 Å². The van der Waals surface area contributed by atoms with Gasteiger partial charge in [-0.1, -0.05) is 6.92 Å². The molecule has 0 bridgehead atoms. The Balaban J connectivity index is 1.38. The highest BCUT2D eigenvalue weighted by atomic mass is 16.1. The van der Waals surface area contributed by atoms with Crippen molar-refractivity contribution in [3.8, 4) is 5.69 Å². The van der Waals surface area contributed by atoms with Gasteiger partial charge in [0, 0.05) is 56.4 Å². The van der Waals surface area contributed by atoms with Crippen LogP contribution in [0.4, 0.5) is 0 Å². The van der Waals surface area contributed by atoms with Crippen molar-refractivity contribution in [1.82, 2.24) is 24.7 Å². The first-order valence-corrected chi connectivity index (χ1v) is 9.07. The zero-order valence-corrected chi connectivity index (χ0v) is 14.9. The summed E-state index contributed by atoms with van der Waals surface area (Å²) in [6.45, 7) is 9.72. The molecule has 1 aliphatic heterocycles. The van der Waals surface area contributed by atoms with Crippen molar-refractivity contribution in [2.75, 3.05) is 45.8 Å². The van der Waals surface area contributed by atoms with Crippen LogP contribution in [0.1, 0.15) is 23.7 Å². The fraction of sp³-hybridized carbons (Fsp3) is 0.474. The summed E-state index contributed by atoms with van der Waals surface area (Å²) in [5.41, 5.74) is 1.70. The summed E-state index contributed by atoms with van der Waals surface area (Å²) in [5, 5.41) is 3.02. The van der Waals surface area contributed by atoms with E-state index < -0.39 is 0 Å². The summed E-state index contributed by atoms with van der Waals surface area (Å²) in [5.74, 6) is -0.00650. The molecule has 0 atom stereocenters. The molecule has 1 fully saturated rings. The van der Waals surface area contributed by atoms with Gasteiger partial charge < -0.3 is 19.7 Å². The Morgan fingerprint density at radius 2 is 1.84 bits per heavy atom. The van der Waals surface area contributed by atoms with Gasteiger partial charge in [0.05, 0.1) is 6.33 Å². The number of nitrogens with zero attached hydrogens (tertiary/aromatic N) is 4. The maximum atomic E-state index is 12.2. The van der Waals surface area contributed by atoms with Crippen LogP contribution in [0.25, 0.3) is 5.69 Å². The van der Waals surface area contributed by atoms with Crippen molar-refractivity contribution >= 4 is 5.91 Å². The lowest BCUT2D eigenvalue weighted by Gasteiger charge is -2.33. The molecule has 0 radical (unpaired) electrons. The first-order chi connectivity index (χ1) is 12.3. The number of aromatic nitrogens is 2. The van der Waals surface area contributed by atoms with Crippen LogP contribution in [0.3, 0.4) is 0 Å². The minimum absolute atomic E-state index is 0.00650. The monoisotopic (exact) mass is 341 g/mol. The number of amides is 1. The van der Waals surface area contributed by atoms with E-state index in [0.717, 1.165) is 57.9 Å². The third kappa shape index (κ3) is 4.90. The van der Waals surface area contributed by atoms with Crippen molar-refractivity contribution in [2.45, 2.75) is 13.3 Å². The lowest BCUT2D eigenvalue weighted by atomic mass is 10.2. The third-order valence-corrected chi connectivity index (χ3v) is 4.78. The Morgan fingerprint density at radius 3 is 2.48 bits per heavy atom. The summed E-state index contributed by atoms with van der Waals surface area (Å²) in [6, 6.07) is 7.58. The molecule has 3 rings (SSSR count). The van der Waals surface area contributed by atoms with Gasteiger partial charge in [0.2, 0.25) is 0 Å². The van der Waals surface area contributed by atoms with Crippen LogP contribution in [0.5, 0.6) is 0 Å². The summed E-state index contributed by atoms with van der Waals surface area (Å²) in [6.07, 6.45) is 6.36. The second kappa shape index (κ2) is 8.78. The zero-order valence-electron chi connectivity index (χ0n) is 14.9. The molecular weight excluding hydrogens is 314 g/mol. The van der Waals surface area contributed by atoms with Crippen LogP contribution in [0.15, 0.2) is 43.0 Å². The number of carbonyl (C=O) groups is 1. The van der Waals surface area contributed by atoms with Gasteiger partial charge in [-0.3, -0.25) is 4.79 Å². The molecule has 6 nitrogen and oxygen atoms in total. The molecule has 1 amide bonds. The van der Waals surface area contributed by atoms with Gasteiger partial charge in [-0.05, 0) is 43.8 Å². The van der Waals surface area contributed by atoms with Gasteiger partial charge >= 0.3 is 0 Å². The number of carbonyl (C=O) groups excluding carboxylic acids is 1. The quantitative estimate of drug-likeness (QED) is 0.778. The molecule has 2 heterocycles. The average Bonchev–Trinajstić information content (AvgIpc) is 3.20. The van der Waals surface area contributed by atoms with Crippen LogP contribution in [0.2, 0.25) is 0 Å². The Labute approximate surface area is 149 Å². The largest absolute Gasteiger partial charge is 0.352 e. The summed E-state index contributed by atoms with van der Waals surface area (Å²) in [4.78, 5) is 21.2. The van der Waals surface area contributed by atoms with E-state index in [4.69, 9.17) is 0 Å². The summed E-state index contributed by atoms with van der Waals surface area (Å²) in [7, 11) is 0. The first kappa shape index (κ1) is 17.6. The SMILES string of the molecule is CCN1CCN(CCCNC(=O)c2ccc(-n3ccnc3)cc2)CC1. The van der Waals surface area contributed by atoms with E-state index in [-0.39, 0.29) is 5.91 Å². The van der Waals surface area contributed by atoms with Crippen LogP contribution in [-0.4, -0.2) is 71.1 Å². The van der Waals surface area contributed by atoms with Gasteiger partial charge in [0.15, 0.2) is 0 Å². The maximum Gasteiger partial charge on any atom is 0.251 e. The molecule has 1 saturated heterocycles. The zero-order chi connectivity index (χ0) is 17.5. The number of piperazine rings is 1. The lowest BCUT2D eigenvalue weighted by molar-refractivity contribution is 0.0948. The van der Waals surface area contributed by atoms with Crippen molar-refractivity contribution < 1.29 is 4.79 Å². The number of benzene rings is 1. The molecule has 1 aromatic carbocycles. The van der Waals surface area contributed by atoms with E-state index in [9.17, 15) is 4.79 Å². The second-order valence-electron chi connectivity index (χ2n) is 6.40. The Bertz CT molecular complexity index is 645. The molecule has 1 aliphatic rings. The number of hydrogen-bond acceptors (Lipinski definition) is 4. The van der Waals surface area contributed by atoms with Crippen molar-refractivity contribution in [3.63, 3.8) is 0 Å². The van der Waals surface area contributed by atoms with E-state index in [1.54, 1.807) is 12.5 Å². The van der Waals surface area contributed by atoms with Crippen molar-refractivity contribution in [1.29, 1.82) is 0 Å². The first-order valence-electron chi connectivity index (χ1n) is 9.07. The van der Waals surface area contributed by atoms with Crippen LogP contribution >= 0.6 is 0 Å². The molecule has 25 heavy (non-hydrogen) atoms. The molecule has 0 aliphatic carbocycles. The fourth-order valence-electron chi connectivity index (χ4n) is 3.13. The Kier molecular flexibility index (Phi) is 6.19. The molecule has 0 saturated carbocycles. The van der Waals surface area contributed by atoms with E-state index in [2.05, 4.69) is 27.0 Å². The summed E-state index contributed by atoms with van der Waals surface area (Å²) < 4.78 is 1.92. The van der Waals surface area contributed by atoms with Crippen LogP contribution in [-0.2, 0) is 0 Å². The van der Waals surface area contributed by atoms with Crippen LogP contribution in [0, 0.1) is 0 Å². The van der Waals surface area contributed by atoms with E-state index in [1.807, 2.05) is 35.0 Å². The number of hydrogen-bond donors (Lipinski definition) is 1. The average molecular weight is 341 g/mol. The minimum atomic E-state index is -0.00650. The van der Waals surface area contributed by atoms with E-state index in [0.29, 0.717) is 5.56 Å². The highest BCUT2D eigenvalue weighted by molar-refractivity contribution is 5.94. The minimum Gasteiger partial charge on any atom is -0.352 e. The number of rotatable bonds is 7. The van der Waals surface area contributed by atoms with Gasteiger partial charge in [-0.2, -0.15) is 0 Å². The lowest BCUT2D eigenvalue weighted by Crippen LogP contribution is -2.46. The normalized spacial score (nSPS) is 16.0. The molecule has 0 spiro atoms. The standard InChI is InChI=1S/C19H27N5O/c1-2-22-12-14-23(15-13-22)10-3-8-21-19(25)17-4-6-18(7-5-17)24-11-9-20-16-24/h4-7,9,11,16H,2-3,8,10,12-15H2,1H3,(H,21,25). The molecule has 2 aromatic rings. The van der Waals surface area contributed by atoms with E-state index >= 15 is 0 Å². The molecule has 134 valence electrons. The van der Waals surface area contributed by atoms with Gasteiger partial charge in [0.1, 0.15) is 0 Å². The van der Waals surface area contributed by atoms with Gasteiger partial charge in [-0.25, -0.2) is 4.98 Å². The maximum absolute atomic E-state index is 12.2. The second-order valence-corrected chi connectivity index (χ2v) is 6.40. The molecule has 1 aromatic heterocycles. The predicted molar refractivity (Wildman–Crippen MR) is 99.1 cm³/mol. The smallest absolute Gasteiger partial charge is 0.251 e. The molecular formula is C19H27N5O. The van der Waals surface area contributed by atoms with Gasteiger partial charge in [0.25, 0.3) is 5.91 Å². The Hall–Kier alpha value is -2.18. The third-order valence-electron chi connectivity index (χ3n) is 4.78. The highest BCUT2D eigenvalue weighted by Crippen LogP contribution is 2.09. The predicted octanol–water partition coefficient (Wildman–Crippen LogP) is 1.63. The van der Waals surface area contributed by atoms with Crippen molar-refractivity contribution in [3.05, 3.63) is 48.5 Å². The summed E-state index contributed by atoms with van der Waals surface area (Å²) >= 11 is 0. The topological polar surface area (TPSA) is 53.4 Å². The van der Waals surface area contributed by atoms with Crippen molar-refractivity contribution in [2.24, 2.45) is 0 Å². The van der Waals surface area contributed by atoms with Gasteiger partial charge in [-0.15, -0.1) is 0 Å². The van der Waals surface area contributed by atoms with E-state index in [1.165, 1.54) is 0 Å².